The minimum absolute atomic E-state index is 0.0493. The lowest BCUT2D eigenvalue weighted by Gasteiger charge is -2.49. The first-order chi connectivity index (χ1) is 32.6. The monoisotopic (exact) mass is 896 g/mol. The van der Waals surface area contributed by atoms with Gasteiger partial charge in [-0.25, -0.2) is 0 Å². The maximum absolute atomic E-state index is 11.9. The second kappa shape index (κ2) is 25.1. The van der Waals surface area contributed by atoms with Crippen LogP contribution in [0, 0.1) is 0 Å². The fraction of sp³-hybridized carbons (Fsp3) is 0.345. The Kier molecular flexibility index (Phi) is 18.0. The topological polar surface area (TPSA) is 113 Å². The molecule has 66 heavy (non-hydrogen) atoms. The lowest BCUT2D eigenvalue weighted by molar-refractivity contribution is -0.374. The first-order valence-corrected chi connectivity index (χ1v) is 22.6. The number of aliphatic hydroxyl groups excluding tert-OH is 1. The van der Waals surface area contributed by atoms with Crippen LogP contribution in [-0.2, 0) is 87.0 Å². The van der Waals surface area contributed by atoms with Crippen LogP contribution in [0.2, 0.25) is 0 Å². The zero-order valence-corrected chi connectivity index (χ0v) is 37.3. The van der Waals surface area contributed by atoms with Gasteiger partial charge in [-0.3, -0.25) is 0 Å². The third-order valence-electron chi connectivity index (χ3n) is 11.6. The molecule has 0 aliphatic carbocycles. The minimum Gasteiger partial charge on any atom is -0.382 e. The summed E-state index contributed by atoms with van der Waals surface area (Å²) in [6.45, 7) is 1.69. The summed E-state index contributed by atoms with van der Waals surface area (Å²) in [5.41, 5.74) is 5.76. The Hall–Kier alpha value is -5.12. The van der Waals surface area contributed by atoms with Crippen LogP contribution in [-0.4, -0.2) is 86.8 Å². The summed E-state index contributed by atoms with van der Waals surface area (Å²) in [6, 6.07) is 59.4. The normalized spacial score (nSPS) is 25.4. The molecular formula is C55H60O11. The van der Waals surface area contributed by atoms with Crippen molar-refractivity contribution in [2.75, 3.05) is 20.3 Å². The van der Waals surface area contributed by atoms with Gasteiger partial charge < -0.3 is 52.5 Å². The zero-order chi connectivity index (χ0) is 45.2. The highest BCUT2D eigenvalue weighted by molar-refractivity contribution is 5.18. The van der Waals surface area contributed by atoms with Gasteiger partial charge in [0, 0.05) is 7.11 Å². The van der Waals surface area contributed by atoms with Gasteiger partial charge in [0.25, 0.3) is 0 Å². The molecule has 11 nitrogen and oxygen atoms in total. The molecule has 2 saturated heterocycles. The molecule has 0 saturated carbocycles. The Morgan fingerprint density at radius 3 is 1.11 bits per heavy atom. The van der Waals surface area contributed by atoms with E-state index < -0.39 is 61.4 Å². The van der Waals surface area contributed by atoms with Crippen LogP contribution in [0.15, 0.2) is 182 Å². The van der Waals surface area contributed by atoms with Crippen molar-refractivity contribution in [2.45, 2.75) is 101 Å². The molecular weight excluding hydrogens is 837 g/mol. The highest BCUT2D eigenvalue weighted by Crippen LogP contribution is 2.36. The summed E-state index contributed by atoms with van der Waals surface area (Å²) in [4.78, 5) is 0. The van der Waals surface area contributed by atoms with Gasteiger partial charge in [0.2, 0.25) is 0 Å². The molecule has 6 aromatic carbocycles. The molecule has 10 atom stereocenters. The summed E-state index contributed by atoms with van der Waals surface area (Å²) >= 11 is 0. The molecule has 2 fully saturated rings. The van der Waals surface area contributed by atoms with E-state index in [1.807, 2.05) is 182 Å². The van der Waals surface area contributed by atoms with E-state index in [1.165, 1.54) is 0 Å². The molecule has 11 heteroatoms. The minimum atomic E-state index is -1.39. The number of hydrogen-bond donors (Lipinski definition) is 1. The second-order valence-electron chi connectivity index (χ2n) is 16.5. The molecule has 8 rings (SSSR count). The molecule has 0 spiro atoms. The van der Waals surface area contributed by atoms with Crippen LogP contribution in [0.3, 0.4) is 0 Å². The number of hydrogen-bond acceptors (Lipinski definition) is 11. The van der Waals surface area contributed by atoms with E-state index in [-0.39, 0.29) is 39.6 Å². The van der Waals surface area contributed by atoms with Crippen molar-refractivity contribution in [2.24, 2.45) is 0 Å². The van der Waals surface area contributed by atoms with Crippen LogP contribution in [0.1, 0.15) is 33.4 Å². The van der Waals surface area contributed by atoms with Crippen molar-refractivity contribution < 1.29 is 52.5 Å². The third kappa shape index (κ3) is 13.5. The van der Waals surface area contributed by atoms with Gasteiger partial charge in [-0.15, -0.1) is 0 Å². The molecule has 6 aromatic rings. The lowest BCUT2D eigenvalue weighted by Crippen LogP contribution is -2.66. The maximum atomic E-state index is 11.9. The molecule has 0 amide bonds. The Labute approximate surface area is 388 Å². The van der Waals surface area contributed by atoms with E-state index in [4.69, 9.17) is 47.4 Å². The Balaban J connectivity index is 1.16. The fourth-order valence-corrected chi connectivity index (χ4v) is 8.27. The van der Waals surface area contributed by atoms with Gasteiger partial charge in [0.05, 0.1) is 52.9 Å². The Morgan fingerprint density at radius 1 is 0.364 bits per heavy atom. The van der Waals surface area contributed by atoms with Crippen molar-refractivity contribution in [3.63, 3.8) is 0 Å². The van der Waals surface area contributed by atoms with Crippen molar-refractivity contribution in [3.05, 3.63) is 215 Å². The molecule has 1 unspecified atom stereocenters. The average molecular weight is 897 g/mol. The highest BCUT2D eigenvalue weighted by atomic mass is 16.7. The summed E-state index contributed by atoms with van der Waals surface area (Å²) in [5, 5.41) is 11.9. The largest absolute Gasteiger partial charge is 0.382 e. The smallest absolute Gasteiger partial charge is 0.187 e. The molecule has 1 N–H and O–H groups in total. The Bertz CT molecular complexity index is 2220. The molecule has 2 heterocycles. The zero-order valence-electron chi connectivity index (χ0n) is 37.3. The lowest BCUT2D eigenvalue weighted by atomic mass is 9.95. The highest BCUT2D eigenvalue weighted by Gasteiger charge is 2.54. The van der Waals surface area contributed by atoms with Crippen LogP contribution < -0.4 is 0 Å². The predicted octanol–water partition coefficient (Wildman–Crippen LogP) is 8.60. The Morgan fingerprint density at radius 2 is 0.697 bits per heavy atom. The summed E-state index contributed by atoms with van der Waals surface area (Å²) in [6.07, 6.45) is -9.06. The number of aliphatic hydroxyl groups is 1. The van der Waals surface area contributed by atoms with E-state index >= 15 is 0 Å². The van der Waals surface area contributed by atoms with Crippen molar-refractivity contribution in [1.29, 1.82) is 0 Å². The van der Waals surface area contributed by atoms with Crippen molar-refractivity contribution in [3.8, 4) is 0 Å². The molecule has 2 aliphatic rings. The fourth-order valence-electron chi connectivity index (χ4n) is 8.27. The molecule has 2 aliphatic heterocycles. The second-order valence-corrected chi connectivity index (χ2v) is 16.5. The number of rotatable bonds is 23. The number of ether oxygens (including phenoxy) is 10. The van der Waals surface area contributed by atoms with E-state index in [9.17, 15) is 5.11 Å². The standard InChI is InChI=1S/C55H60O11/c1-57-38-46-48(59-33-41-22-10-3-11-23-41)50(60-34-42-24-12-4-13-25-42)53(63-37-45-30-18-7-19-31-45)55(65-46)66-49-47(39-58-32-40-20-8-2-9-21-40)64-54(56)52(62-36-44-28-16-6-17-29-44)51(49)61-35-43-26-14-5-15-27-43/h2-31,46-56H,32-39H2,1H3/t46-,47-,48-,49-,50+,51+,52-,53-,54?,55+/m1/s1. The van der Waals surface area contributed by atoms with Crippen molar-refractivity contribution >= 4 is 0 Å². The van der Waals surface area contributed by atoms with Gasteiger partial charge in [0.1, 0.15) is 48.8 Å². The van der Waals surface area contributed by atoms with Gasteiger partial charge in [-0.05, 0) is 33.4 Å². The summed E-state index contributed by atoms with van der Waals surface area (Å²) < 4.78 is 67.0. The number of methoxy groups -OCH3 is 1. The SMILES string of the molecule is COC[C@H]1O[C@@H](O[C@H]2[C@H](OCc3ccccc3)[C@@H](OCc3ccccc3)C(O)O[C@@H]2COCc2ccccc2)[C@H](OCc2ccccc2)[C@@H](OCc2ccccc2)[C@@H]1OCc1ccccc1. The summed E-state index contributed by atoms with van der Waals surface area (Å²) in [5.74, 6) is 0. The molecule has 0 aromatic heterocycles. The predicted molar refractivity (Wildman–Crippen MR) is 247 cm³/mol. The van der Waals surface area contributed by atoms with Crippen LogP contribution in [0.5, 0.6) is 0 Å². The van der Waals surface area contributed by atoms with E-state index in [0.717, 1.165) is 33.4 Å². The quantitative estimate of drug-likeness (QED) is 0.0668. The number of benzene rings is 6. The average Bonchev–Trinajstić information content (AvgIpc) is 3.37. The molecule has 0 bridgehead atoms. The van der Waals surface area contributed by atoms with Crippen LogP contribution in [0.4, 0.5) is 0 Å². The third-order valence-corrected chi connectivity index (χ3v) is 11.6. The molecule has 0 radical (unpaired) electrons. The van der Waals surface area contributed by atoms with Gasteiger partial charge in [0.15, 0.2) is 12.6 Å². The van der Waals surface area contributed by atoms with E-state index in [2.05, 4.69) is 0 Å². The first kappa shape index (κ1) is 47.4. The van der Waals surface area contributed by atoms with Gasteiger partial charge in [-0.1, -0.05) is 182 Å². The van der Waals surface area contributed by atoms with Crippen LogP contribution >= 0.6 is 0 Å². The van der Waals surface area contributed by atoms with Gasteiger partial charge >= 0.3 is 0 Å². The summed E-state index contributed by atoms with van der Waals surface area (Å²) in [7, 11) is 1.63. The van der Waals surface area contributed by atoms with E-state index in [1.54, 1.807) is 7.11 Å². The van der Waals surface area contributed by atoms with Crippen LogP contribution in [0.25, 0.3) is 0 Å². The van der Waals surface area contributed by atoms with E-state index in [0.29, 0.717) is 13.2 Å². The molecule has 346 valence electrons. The van der Waals surface area contributed by atoms with Crippen molar-refractivity contribution in [1.82, 2.24) is 0 Å². The van der Waals surface area contributed by atoms with Gasteiger partial charge in [-0.2, -0.15) is 0 Å². The maximum Gasteiger partial charge on any atom is 0.187 e. The first-order valence-electron chi connectivity index (χ1n) is 22.6.